The van der Waals surface area contributed by atoms with Gasteiger partial charge in [-0.05, 0) is 44.4 Å². The fourth-order valence-electron chi connectivity index (χ4n) is 3.60. The van der Waals surface area contributed by atoms with E-state index in [1.807, 2.05) is 6.92 Å². The van der Waals surface area contributed by atoms with Crippen LogP contribution < -0.4 is 5.32 Å². The summed E-state index contributed by atoms with van der Waals surface area (Å²) >= 11 is 0. The maximum atomic E-state index is 12.5. The lowest BCUT2D eigenvalue weighted by atomic mass is 9.78. The van der Waals surface area contributed by atoms with Gasteiger partial charge < -0.3 is 10.1 Å². The van der Waals surface area contributed by atoms with Gasteiger partial charge in [0.25, 0.3) is 0 Å². The van der Waals surface area contributed by atoms with E-state index in [1.54, 1.807) is 11.0 Å². The molecule has 3 saturated carbocycles. The van der Waals surface area contributed by atoms with Crippen LogP contribution >= 0.6 is 0 Å². The highest BCUT2D eigenvalue weighted by Crippen LogP contribution is 2.61. The maximum Gasteiger partial charge on any atom is 0.248 e. The normalized spacial score (nSPS) is 36.5. The predicted molar refractivity (Wildman–Crippen MR) is 70.9 cm³/mol. The molecule has 1 aromatic rings. The van der Waals surface area contributed by atoms with E-state index in [2.05, 4.69) is 15.4 Å². The lowest BCUT2D eigenvalue weighted by Gasteiger charge is -2.36. The number of rotatable bonds is 5. The monoisotopic (exact) mass is 276 g/mol. The second-order valence-electron chi connectivity index (χ2n) is 6.45. The van der Waals surface area contributed by atoms with Gasteiger partial charge in [-0.15, -0.1) is 0 Å². The second kappa shape index (κ2) is 4.04. The first-order chi connectivity index (χ1) is 9.68. The van der Waals surface area contributed by atoms with Gasteiger partial charge in [0.2, 0.25) is 5.91 Å². The molecule has 3 aliphatic carbocycles. The van der Waals surface area contributed by atoms with Gasteiger partial charge in [-0.3, -0.25) is 4.79 Å². The number of carbonyl (C=O) groups excluding carboxylic acids is 1. The van der Waals surface area contributed by atoms with Crippen LogP contribution in [0.4, 0.5) is 0 Å². The Morgan fingerprint density at radius 3 is 2.85 bits per heavy atom. The Morgan fingerprint density at radius 1 is 1.45 bits per heavy atom. The molecule has 3 fully saturated rings. The quantitative estimate of drug-likeness (QED) is 0.865. The third kappa shape index (κ3) is 1.70. The molecule has 6 nitrogen and oxygen atoms in total. The van der Waals surface area contributed by atoms with E-state index in [4.69, 9.17) is 4.74 Å². The minimum Gasteiger partial charge on any atom is -0.378 e. The van der Waals surface area contributed by atoms with Crippen molar-refractivity contribution in [2.24, 2.45) is 5.41 Å². The molecule has 1 aromatic heterocycles. The van der Waals surface area contributed by atoms with Crippen LogP contribution in [-0.2, 0) is 15.1 Å². The van der Waals surface area contributed by atoms with Crippen LogP contribution in [0.25, 0.3) is 0 Å². The average Bonchev–Trinajstić information content (AvgIpc) is 3.27. The molecule has 4 rings (SSSR count). The number of ether oxygens (including phenoxy) is 1. The van der Waals surface area contributed by atoms with Crippen LogP contribution in [0.5, 0.6) is 0 Å². The number of hydrogen-bond donors (Lipinski definition) is 1. The fourth-order valence-corrected chi connectivity index (χ4v) is 3.60. The Morgan fingerprint density at radius 2 is 2.25 bits per heavy atom. The molecule has 1 amide bonds. The van der Waals surface area contributed by atoms with E-state index in [0.29, 0.717) is 17.6 Å². The van der Waals surface area contributed by atoms with Crippen LogP contribution in [0, 0.1) is 5.41 Å². The molecular formula is C14H20N4O2. The van der Waals surface area contributed by atoms with Crippen LogP contribution in [0.3, 0.4) is 0 Å². The first-order valence-corrected chi connectivity index (χ1v) is 7.46. The van der Waals surface area contributed by atoms with Gasteiger partial charge >= 0.3 is 0 Å². The number of nitrogens with one attached hydrogen (secondary N) is 1. The lowest BCUT2D eigenvalue weighted by molar-refractivity contribution is -0.126. The van der Waals surface area contributed by atoms with Crippen molar-refractivity contribution in [1.82, 2.24) is 20.1 Å². The van der Waals surface area contributed by atoms with Crippen molar-refractivity contribution in [3.8, 4) is 0 Å². The predicted octanol–water partition coefficient (Wildman–Crippen LogP) is 0.841. The van der Waals surface area contributed by atoms with Crippen molar-refractivity contribution in [3.05, 3.63) is 12.7 Å². The molecule has 3 aliphatic rings. The van der Waals surface area contributed by atoms with E-state index in [0.717, 1.165) is 38.7 Å². The summed E-state index contributed by atoms with van der Waals surface area (Å²) in [5, 5.41) is 7.35. The molecule has 20 heavy (non-hydrogen) atoms. The number of amides is 1. The van der Waals surface area contributed by atoms with Crippen LogP contribution in [-0.4, -0.2) is 39.4 Å². The fraction of sp³-hybridized carbons (Fsp3) is 0.786. The highest BCUT2D eigenvalue weighted by molar-refractivity contribution is 5.87. The molecule has 0 radical (unpaired) electrons. The third-order valence-electron chi connectivity index (χ3n) is 5.17. The molecule has 1 N–H and O–H groups in total. The van der Waals surface area contributed by atoms with E-state index < -0.39 is 5.54 Å². The summed E-state index contributed by atoms with van der Waals surface area (Å²) in [5.74, 6) is 0.115. The Kier molecular flexibility index (Phi) is 2.49. The number of carbonyl (C=O) groups is 1. The molecule has 1 spiro atoms. The highest BCUT2D eigenvalue weighted by Gasteiger charge is 2.64. The van der Waals surface area contributed by atoms with Crippen molar-refractivity contribution in [2.75, 3.05) is 6.61 Å². The summed E-state index contributed by atoms with van der Waals surface area (Å²) in [7, 11) is 0. The SMILES string of the molecule is CCOC1CC2(C1)CC2NC(=O)C1(n2cncn2)CC1. The first kappa shape index (κ1) is 12.3. The molecular weight excluding hydrogens is 256 g/mol. The number of aromatic nitrogens is 3. The Balaban J connectivity index is 1.35. The van der Waals surface area contributed by atoms with Crippen molar-refractivity contribution < 1.29 is 9.53 Å². The molecule has 0 aliphatic heterocycles. The zero-order valence-electron chi connectivity index (χ0n) is 11.7. The summed E-state index contributed by atoms with van der Waals surface area (Å²) in [4.78, 5) is 16.4. The first-order valence-electron chi connectivity index (χ1n) is 7.46. The Hall–Kier alpha value is -1.43. The van der Waals surface area contributed by atoms with Gasteiger partial charge in [0.05, 0.1) is 6.10 Å². The Labute approximate surface area is 117 Å². The lowest BCUT2D eigenvalue weighted by Crippen LogP contribution is -2.44. The molecule has 6 heteroatoms. The van der Waals surface area contributed by atoms with Crippen LogP contribution in [0.2, 0.25) is 0 Å². The summed E-state index contributed by atoms with van der Waals surface area (Å²) in [5.41, 5.74) is -0.114. The third-order valence-corrected chi connectivity index (χ3v) is 5.17. The van der Waals surface area contributed by atoms with Crippen LogP contribution in [0.1, 0.15) is 39.0 Å². The molecule has 0 saturated heterocycles. The van der Waals surface area contributed by atoms with Crippen molar-refractivity contribution in [3.63, 3.8) is 0 Å². The minimum absolute atomic E-state index is 0.115. The average molecular weight is 276 g/mol. The molecule has 0 aromatic carbocycles. The number of hydrogen-bond acceptors (Lipinski definition) is 4. The topological polar surface area (TPSA) is 69.0 Å². The summed E-state index contributed by atoms with van der Waals surface area (Å²) in [6.07, 6.45) is 8.58. The molecule has 108 valence electrons. The van der Waals surface area contributed by atoms with Crippen molar-refractivity contribution in [1.29, 1.82) is 0 Å². The zero-order chi connectivity index (χ0) is 13.8. The smallest absolute Gasteiger partial charge is 0.248 e. The van der Waals surface area contributed by atoms with Gasteiger partial charge in [-0.2, -0.15) is 5.10 Å². The van der Waals surface area contributed by atoms with Gasteiger partial charge in [-0.1, -0.05) is 0 Å². The number of nitrogens with zero attached hydrogens (tertiary/aromatic N) is 3. The summed E-state index contributed by atoms with van der Waals surface area (Å²) in [6, 6.07) is 0.340. The van der Waals surface area contributed by atoms with E-state index in [1.165, 1.54) is 6.33 Å². The van der Waals surface area contributed by atoms with Gasteiger partial charge in [0.15, 0.2) is 0 Å². The van der Waals surface area contributed by atoms with Crippen LogP contribution in [0.15, 0.2) is 12.7 Å². The van der Waals surface area contributed by atoms with Gasteiger partial charge in [0.1, 0.15) is 18.2 Å². The van der Waals surface area contributed by atoms with Crippen molar-refractivity contribution in [2.45, 2.75) is 56.7 Å². The standard InChI is InChI=1S/C14H20N4O2/c1-2-20-10-5-13(6-10)7-11(13)17-12(19)14(3-4-14)18-9-15-8-16-18/h8-11H,2-7H2,1H3,(H,17,19). The van der Waals surface area contributed by atoms with Gasteiger partial charge in [0, 0.05) is 12.6 Å². The van der Waals surface area contributed by atoms with Gasteiger partial charge in [-0.25, -0.2) is 9.67 Å². The summed E-state index contributed by atoms with van der Waals surface area (Å²) < 4.78 is 7.32. The van der Waals surface area contributed by atoms with E-state index >= 15 is 0 Å². The molecule has 1 heterocycles. The van der Waals surface area contributed by atoms with Crippen molar-refractivity contribution >= 4 is 5.91 Å². The summed E-state index contributed by atoms with van der Waals surface area (Å²) in [6.45, 7) is 2.82. The highest BCUT2D eigenvalue weighted by atomic mass is 16.5. The molecule has 1 unspecified atom stereocenters. The zero-order valence-corrected chi connectivity index (χ0v) is 11.7. The largest absolute Gasteiger partial charge is 0.378 e. The van der Waals surface area contributed by atoms with E-state index in [9.17, 15) is 4.79 Å². The Bertz CT molecular complexity index is 517. The van der Waals surface area contributed by atoms with E-state index in [-0.39, 0.29) is 5.91 Å². The minimum atomic E-state index is -0.455. The second-order valence-corrected chi connectivity index (χ2v) is 6.45. The molecule has 1 atom stereocenters. The maximum absolute atomic E-state index is 12.5. The molecule has 0 bridgehead atoms.